The molecule has 0 saturated heterocycles. The molecule has 0 aliphatic heterocycles. The zero-order valence-corrected chi connectivity index (χ0v) is 15.8. The number of rotatable bonds is 7. The van der Waals surface area contributed by atoms with Gasteiger partial charge in [-0.25, -0.2) is 4.98 Å². The van der Waals surface area contributed by atoms with Crippen molar-refractivity contribution < 1.29 is 4.74 Å². The molecule has 0 unspecified atom stereocenters. The Hall–Kier alpha value is -3.06. The minimum Gasteiger partial charge on any atom is -0.497 e. The van der Waals surface area contributed by atoms with Gasteiger partial charge >= 0.3 is 0 Å². The van der Waals surface area contributed by atoms with E-state index in [4.69, 9.17) is 4.74 Å². The van der Waals surface area contributed by atoms with Crippen LogP contribution >= 0.6 is 11.8 Å². The molecule has 3 heterocycles. The van der Waals surface area contributed by atoms with Crippen LogP contribution in [0.25, 0.3) is 17.0 Å². The van der Waals surface area contributed by atoms with Crippen LogP contribution in [0.5, 0.6) is 5.75 Å². The molecule has 0 aliphatic rings. The number of nitrogens with zero attached hydrogens (tertiary/aromatic N) is 5. The minimum absolute atomic E-state index is 0.632. The van der Waals surface area contributed by atoms with E-state index < -0.39 is 0 Å². The molecule has 0 atom stereocenters. The van der Waals surface area contributed by atoms with Crippen molar-refractivity contribution in [2.75, 3.05) is 7.11 Å². The molecule has 6 nitrogen and oxygen atoms in total. The number of fused-ring (bicyclic) bond motifs is 1. The van der Waals surface area contributed by atoms with Crippen LogP contribution in [-0.4, -0.2) is 31.3 Å². The van der Waals surface area contributed by atoms with E-state index in [9.17, 15) is 0 Å². The third-order valence-electron chi connectivity index (χ3n) is 4.12. The predicted molar refractivity (Wildman–Crippen MR) is 107 cm³/mol. The summed E-state index contributed by atoms with van der Waals surface area (Å²) in [7, 11) is 1.66. The van der Waals surface area contributed by atoms with Crippen molar-refractivity contribution in [1.82, 2.24) is 24.1 Å². The highest BCUT2D eigenvalue weighted by Gasteiger charge is 2.15. The van der Waals surface area contributed by atoms with Gasteiger partial charge in [0.1, 0.15) is 11.4 Å². The highest BCUT2D eigenvalue weighted by atomic mass is 32.2. The standard InChI is InChI=1S/C20H19N5OS/c1-3-10-25-19(15-7-6-8-17(12-15)26-2)22-23-20(25)27-14-16-13-24-11-5-4-9-18(24)21-16/h3-9,11-13H,1,10,14H2,2H3. The number of pyridine rings is 1. The number of hydrogen-bond acceptors (Lipinski definition) is 5. The zero-order chi connectivity index (χ0) is 18.6. The molecule has 0 aliphatic carbocycles. The Bertz CT molecular complexity index is 1050. The lowest BCUT2D eigenvalue weighted by molar-refractivity contribution is 0.415. The molecule has 4 aromatic rings. The third kappa shape index (κ3) is 3.59. The molecule has 0 bridgehead atoms. The number of hydrogen-bond donors (Lipinski definition) is 0. The maximum atomic E-state index is 5.32. The topological polar surface area (TPSA) is 57.2 Å². The van der Waals surface area contributed by atoms with E-state index in [0.717, 1.165) is 39.4 Å². The molecule has 4 rings (SSSR count). The van der Waals surface area contributed by atoms with Gasteiger partial charge in [-0.1, -0.05) is 36.0 Å². The molecule has 27 heavy (non-hydrogen) atoms. The number of methoxy groups -OCH3 is 1. The van der Waals surface area contributed by atoms with E-state index in [1.807, 2.05) is 65.3 Å². The lowest BCUT2D eigenvalue weighted by atomic mass is 10.2. The lowest BCUT2D eigenvalue weighted by Crippen LogP contribution is -2.01. The summed E-state index contributed by atoms with van der Waals surface area (Å²) >= 11 is 1.62. The van der Waals surface area contributed by atoms with Gasteiger partial charge in [0, 0.05) is 30.3 Å². The first-order valence-electron chi connectivity index (χ1n) is 8.52. The summed E-state index contributed by atoms with van der Waals surface area (Å²) in [5, 5.41) is 9.62. The maximum Gasteiger partial charge on any atom is 0.192 e. The van der Waals surface area contributed by atoms with E-state index in [0.29, 0.717) is 6.54 Å². The first-order valence-corrected chi connectivity index (χ1v) is 9.51. The summed E-state index contributed by atoms with van der Waals surface area (Å²) in [6.45, 7) is 4.50. The van der Waals surface area contributed by atoms with E-state index in [-0.39, 0.29) is 0 Å². The molecule has 0 radical (unpaired) electrons. The fourth-order valence-corrected chi connectivity index (χ4v) is 3.69. The maximum absolute atomic E-state index is 5.32. The van der Waals surface area contributed by atoms with Gasteiger partial charge < -0.3 is 9.14 Å². The Morgan fingerprint density at radius 3 is 2.93 bits per heavy atom. The van der Waals surface area contributed by atoms with Gasteiger partial charge in [-0.05, 0) is 24.3 Å². The summed E-state index contributed by atoms with van der Waals surface area (Å²) in [4.78, 5) is 4.64. The van der Waals surface area contributed by atoms with Crippen LogP contribution in [0.1, 0.15) is 5.69 Å². The summed E-state index contributed by atoms with van der Waals surface area (Å²) in [5.41, 5.74) is 2.91. The average molecular weight is 377 g/mol. The van der Waals surface area contributed by atoms with Crippen LogP contribution in [0.3, 0.4) is 0 Å². The van der Waals surface area contributed by atoms with Crippen LogP contribution in [0.15, 0.2) is 72.7 Å². The second-order valence-electron chi connectivity index (χ2n) is 5.92. The highest BCUT2D eigenvalue weighted by Crippen LogP contribution is 2.28. The van der Waals surface area contributed by atoms with Gasteiger partial charge in [0.15, 0.2) is 11.0 Å². The van der Waals surface area contributed by atoms with E-state index >= 15 is 0 Å². The predicted octanol–water partition coefficient (Wildman–Crippen LogP) is 4.08. The zero-order valence-electron chi connectivity index (χ0n) is 14.9. The second kappa shape index (κ2) is 7.67. The van der Waals surface area contributed by atoms with Crippen LogP contribution in [0.2, 0.25) is 0 Å². The quantitative estimate of drug-likeness (QED) is 0.359. The van der Waals surface area contributed by atoms with Gasteiger partial charge in [-0.2, -0.15) is 0 Å². The van der Waals surface area contributed by atoms with Gasteiger partial charge in [-0.15, -0.1) is 16.8 Å². The normalized spacial score (nSPS) is 11.0. The fraction of sp³-hybridized carbons (Fsp3) is 0.150. The van der Waals surface area contributed by atoms with Crippen molar-refractivity contribution in [1.29, 1.82) is 0 Å². The second-order valence-corrected chi connectivity index (χ2v) is 6.87. The number of benzene rings is 1. The Morgan fingerprint density at radius 1 is 1.19 bits per heavy atom. The number of imidazole rings is 1. The van der Waals surface area contributed by atoms with Gasteiger partial charge in [0.05, 0.1) is 12.8 Å². The van der Waals surface area contributed by atoms with Crippen LogP contribution in [0.4, 0.5) is 0 Å². The smallest absolute Gasteiger partial charge is 0.192 e. The van der Waals surface area contributed by atoms with E-state index in [1.165, 1.54) is 0 Å². The van der Waals surface area contributed by atoms with Gasteiger partial charge in [-0.3, -0.25) is 4.57 Å². The third-order valence-corrected chi connectivity index (χ3v) is 5.12. The number of thioether (sulfide) groups is 1. The van der Waals surface area contributed by atoms with Crippen molar-refractivity contribution >= 4 is 17.4 Å². The van der Waals surface area contributed by atoms with Crippen molar-refractivity contribution in [2.45, 2.75) is 17.5 Å². The molecule has 0 spiro atoms. The molecule has 1 aromatic carbocycles. The Balaban J connectivity index is 1.60. The van der Waals surface area contributed by atoms with E-state index in [2.05, 4.69) is 26.3 Å². The van der Waals surface area contributed by atoms with Crippen molar-refractivity contribution in [3.05, 3.63) is 73.2 Å². The SMILES string of the molecule is C=CCn1c(SCc2cn3ccccc3n2)nnc1-c1cccc(OC)c1. The van der Waals surface area contributed by atoms with Crippen LogP contribution < -0.4 is 4.74 Å². The minimum atomic E-state index is 0.632. The largest absolute Gasteiger partial charge is 0.497 e. The monoisotopic (exact) mass is 377 g/mol. The first-order chi connectivity index (χ1) is 13.3. The van der Waals surface area contributed by atoms with E-state index in [1.54, 1.807) is 18.9 Å². The van der Waals surface area contributed by atoms with Crippen molar-refractivity contribution in [3.8, 4) is 17.1 Å². The molecular weight excluding hydrogens is 358 g/mol. The molecule has 0 N–H and O–H groups in total. The fourth-order valence-electron chi connectivity index (χ4n) is 2.86. The summed E-state index contributed by atoms with van der Waals surface area (Å²) in [6, 6.07) is 13.8. The Labute approximate surface area is 161 Å². The van der Waals surface area contributed by atoms with Crippen molar-refractivity contribution in [2.24, 2.45) is 0 Å². The molecule has 7 heteroatoms. The average Bonchev–Trinajstić information content (AvgIpc) is 3.30. The molecule has 0 amide bonds. The summed E-state index contributed by atoms with van der Waals surface area (Å²) in [5.74, 6) is 2.31. The Morgan fingerprint density at radius 2 is 2.11 bits per heavy atom. The number of aromatic nitrogens is 5. The first kappa shape index (κ1) is 17.4. The van der Waals surface area contributed by atoms with Crippen molar-refractivity contribution in [3.63, 3.8) is 0 Å². The molecular formula is C20H19N5OS. The highest BCUT2D eigenvalue weighted by molar-refractivity contribution is 7.98. The summed E-state index contributed by atoms with van der Waals surface area (Å²) in [6.07, 6.45) is 5.89. The summed E-state index contributed by atoms with van der Waals surface area (Å²) < 4.78 is 9.40. The molecule has 0 fully saturated rings. The molecule has 0 saturated carbocycles. The van der Waals surface area contributed by atoms with Crippen LogP contribution in [0, 0.1) is 0 Å². The Kier molecular flexibility index (Phi) is 4.93. The molecule has 136 valence electrons. The van der Waals surface area contributed by atoms with Gasteiger partial charge in [0.25, 0.3) is 0 Å². The molecule has 3 aromatic heterocycles. The number of ether oxygens (including phenoxy) is 1. The lowest BCUT2D eigenvalue weighted by Gasteiger charge is -2.08. The number of allylic oxidation sites excluding steroid dienone is 1. The van der Waals surface area contributed by atoms with Crippen LogP contribution in [-0.2, 0) is 12.3 Å². The van der Waals surface area contributed by atoms with Gasteiger partial charge in [0.2, 0.25) is 0 Å².